The van der Waals surface area contributed by atoms with Gasteiger partial charge in [0.15, 0.2) is 0 Å². The smallest absolute Gasteiger partial charge is 0.227 e. The van der Waals surface area contributed by atoms with Crippen molar-refractivity contribution in [1.82, 2.24) is 5.32 Å². The number of methoxy groups -OCH3 is 1. The zero-order valence-corrected chi connectivity index (χ0v) is 25.7. The Labute approximate surface area is 256 Å². The van der Waals surface area contributed by atoms with Gasteiger partial charge < -0.3 is 29.2 Å². The van der Waals surface area contributed by atoms with E-state index in [0.29, 0.717) is 45.3 Å². The van der Waals surface area contributed by atoms with E-state index in [1.165, 1.54) is 11.1 Å². The fourth-order valence-electron chi connectivity index (χ4n) is 5.98. The van der Waals surface area contributed by atoms with Crippen molar-refractivity contribution in [1.29, 1.82) is 0 Å². The van der Waals surface area contributed by atoms with Crippen molar-refractivity contribution in [2.75, 3.05) is 51.5 Å². The normalized spacial score (nSPS) is 18.4. The average molecular weight is 587 g/mol. The number of nitrogens with zero attached hydrogens (tertiary/aromatic N) is 1. The SMILES string of the molecule is COCCCN1C(=O)CCc2ccc(CO[C@H]3CNCC[C@@H]3c3ccc(OCCCCOc4ccccc4C)cc3)cc21. The topological polar surface area (TPSA) is 69.3 Å². The molecule has 3 aromatic carbocycles. The van der Waals surface area contributed by atoms with Crippen molar-refractivity contribution < 1.29 is 23.7 Å². The number of hydrogen-bond donors (Lipinski definition) is 1. The van der Waals surface area contributed by atoms with Gasteiger partial charge in [-0.1, -0.05) is 42.5 Å². The maximum absolute atomic E-state index is 12.7. The summed E-state index contributed by atoms with van der Waals surface area (Å²) in [4.78, 5) is 14.6. The van der Waals surface area contributed by atoms with Gasteiger partial charge in [0, 0.05) is 44.8 Å². The number of rotatable bonds is 15. The number of ether oxygens (including phenoxy) is 4. The number of carbonyl (C=O) groups excluding carboxylic acids is 1. The number of piperidine rings is 1. The van der Waals surface area contributed by atoms with Gasteiger partial charge in [-0.05, 0) is 92.1 Å². The van der Waals surface area contributed by atoms with Crippen LogP contribution in [0.2, 0.25) is 0 Å². The third-order valence-corrected chi connectivity index (χ3v) is 8.44. The summed E-state index contributed by atoms with van der Waals surface area (Å²) in [6.07, 6.45) is 5.19. The minimum absolute atomic E-state index is 0.0734. The summed E-state index contributed by atoms with van der Waals surface area (Å²) in [6, 6.07) is 23.1. The van der Waals surface area contributed by atoms with E-state index in [0.717, 1.165) is 73.5 Å². The Morgan fingerprint density at radius 3 is 2.53 bits per heavy atom. The fraction of sp³-hybridized carbons (Fsp3) is 0.472. The van der Waals surface area contributed by atoms with E-state index in [1.54, 1.807) is 7.11 Å². The molecule has 2 aliphatic rings. The molecule has 0 spiro atoms. The second kappa shape index (κ2) is 15.9. The highest BCUT2D eigenvalue weighted by Crippen LogP contribution is 2.32. The number of amides is 1. The van der Waals surface area contributed by atoms with Gasteiger partial charge in [-0.2, -0.15) is 0 Å². The Balaban J connectivity index is 1.10. The summed E-state index contributed by atoms with van der Waals surface area (Å²) in [5.74, 6) is 2.36. The molecule has 2 aliphatic heterocycles. The lowest BCUT2D eigenvalue weighted by Gasteiger charge is -2.33. The molecule has 7 heteroatoms. The molecular weight excluding hydrogens is 540 g/mol. The van der Waals surface area contributed by atoms with Crippen LogP contribution in [0.25, 0.3) is 0 Å². The number of benzene rings is 3. The number of hydrogen-bond acceptors (Lipinski definition) is 6. The summed E-state index contributed by atoms with van der Waals surface area (Å²) < 4.78 is 23.6. The van der Waals surface area contributed by atoms with Gasteiger partial charge in [-0.15, -0.1) is 0 Å². The predicted molar refractivity (Wildman–Crippen MR) is 170 cm³/mol. The molecular formula is C36H46N2O5. The zero-order valence-electron chi connectivity index (χ0n) is 25.7. The van der Waals surface area contributed by atoms with Crippen molar-refractivity contribution in [2.45, 2.75) is 64.1 Å². The molecule has 230 valence electrons. The first kappa shape index (κ1) is 31.0. The molecule has 0 aliphatic carbocycles. The summed E-state index contributed by atoms with van der Waals surface area (Å²) >= 11 is 0. The molecule has 3 aromatic rings. The molecule has 2 atom stereocenters. The lowest BCUT2D eigenvalue weighted by atomic mass is 9.87. The number of nitrogens with one attached hydrogen (secondary N) is 1. The molecule has 1 N–H and O–H groups in total. The Morgan fingerprint density at radius 1 is 0.907 bits per heavy atom. The van der Waals surface area contributed by atoms with E-state index >= 15 is 0 Å². The van der Waals surface area contributed by atoms with Crippen molar-refractivity contribution in [2.24, 2.45) is 0 Å². The van der Waals surface area contributed by atoms with E-state index in [1.807, 2.05) is 23.1 Å². The third-order valence-electron chi connectivity index (χ3n) is 8.44. The number of fused-ring (bicyclic) bond motifs is 1. The molecule has 7 nitrogen and oxygen atoms in total. The largest absolute Gasteiger partial charge is 0.494 e. The average Bonchev–Trinajstić information content (AvgIpc) is 3.04. The third kappa shape index (κ3) is 8.59. The highest BCUT2D eigenvalue weighted by molar-refractivity contribution is 5.96. The van der Waals surface area contributed by atoms with Gasteiger partial charge in [0.05, 0.1) is 25.9 Å². The van der Waals surface area contributed by atoms with Crippen molar-refractivity contribution >= 4 is 11.6 Å². The number of unbranched alkanes of at least 4 members (excludes halogenated alkanes) is 1. The quantitative estimate of drug-likeness (QED) is 0.214. The van der Waals surface area contributed by atoms with E-state index in [2.05, 4.69) is 60.8 Å². The highest BCUT2D eigenvalue weighted by atomic mass is 16.5. The van der Waals surface area contributed by atoms with Crippen LogP contribution in [0.1, 0.15) is 60.3 Å². The van der Waals surface area contributed by atoms with Crippen LogP contribution in [-0.4, -0.2) is 58.6 Å². The molecule has 0 saturated carbocycles. The Bertz CT molecular complexity index is 1310. The summed E-state index contributed by atoms with van der Waals surface area (Å²) in [5, 5.41) is 3.51. The molecule has 5 rings (SSSR count). The summed E-state index contributed by atoms with van der Waals surface area (Å²) in [6.45, 7) is 7.08. The first-order valence-corrected chi connectivity index (χ1v) is 15.8. The fourth-order valence-corrected chi connectivity index (χ4v) is 5.98. The molecule has 0 aromatic heterocycles. The maximum Gasteiger partial charge on any atom is 0.227 e. The molecule has 0 unspecified atom stereocenters. The number of anilines is 1. The van der Waals surface area contributed by atoms with E-state index in [-0.39, 0.29) is 12.0 Å². The minimum Gasteiger partial charge on any atom is -0.494 e. The lowest BCUT2D eigenvalue weighted by Crippen LogP contribution is -2.41. The lowest BCUT2D eigenvalue weighted by molar-refractivity contribution is -0.118. The molecule has 1 fully saturated rings. The zero-order chi connectivity index (χ0) is 29.9. The molecule has 1 amide bonds. The van der Waals surface area contributed by atoms with Gasteiger partial charge in [0.2, 0.25) is 5.91 Å². The maximum atomic E-state index is 12.7. The minimum atomic E-state index is 0.0734. The Morgan fingerprint density at radius 2 is 1.72 bits per heavy atom. The molecule has 0 bridgehead atoms. The highest BCUT2D eigenvalue weighted by Gasteiger charge is 2.28. The van der Waals surface area contributed by atoms with Gasteiger partial charge >= 0.3 is 0 Å². The monoisotopic (exact) mass is 586 g/mol. The Hall–Kier alpha value is -3.39. The predicted octanol–water partition coefficient (Wildman–Crippen LogP) is 6.21. The second-order valence-corrected chi connectivity index (χ2v) is 11.5. The van der Waals surface area contributed by atoms with Crippen LogP contribution in [0.3, 0.4) is 0 Å². The van der Waals surface area contributed by atoms with Crippen molar-refractivity contribution in [3.8, 4) is 11.5 Å². The Kier molecular flexibility index (Phi) is 11.5. The van der Waals surface area contributed by atoms with Crippen LogP contribution in [-0.2, 0) is 27.3 Å². The molecule has 43 heavy (non-hydrogen) atoms. The van der Waals surface area contributed by atoms with Gasteiger partial charge in [-0.3, -0.25) is 4.79 Å². The molecule has 0 radical (unpaired) electrons. The number of aryl methyl sites for hydroxylation is 2. The second-order valence-electron chi connectivity index (χ2n) is 11.5. The standard InChI is InChI=1S/C36H46N2O5/c1-27-8-3-4-9-34(27)42-23-6-5-22-41-31-15-12-29(13-16-31)32-18-19-37-25-35(32)43-26-28-10-11-30-14-17-36(39)38(33(30)24-28)20-7-21-40-2/h3-4,8-13,15-16,24,32,35,37H,5-7,14,17-23,25-26H2,1-2H3/t32-,35+/m1/s1. The van der Waals surface area contributed by atoms with Gasteiger partial charge in [0.25, 0.3) is 0 Å². The van der Waals surface area contributed by atoms with Crippen LogP contribution in [0.5, 0.6) is 11.5 Å². The summed E-state index contributed by atoms with van der Waals surface area (Å²) in [7, 11) is 1.70. The molecule has 1 saturated heterocycles. The first-order chi connectivity index (χ1) is 21.1. The summed E-state index contributed by atoms with van der Waals surface area (Å²) in [5.41, 5.74) is 5.81. The van der Waals surface area contributed by atoms with Gasteiger partial charge in [-0.25, -0.2) is 0 Å². The van der Waals surface area contributed by atoms with Crippen molar-refractivity contribution in [3.63, 3.8) is 0 Å². The van der Waals surface area contributed by atoms with Crippen LogP contribution in [0.15, 0.2) is 66.7 Å². The van der Waals surface area contributed by atoms with Crippen LogP contribution in [0.4, 0.5) is 5.69 Å². The molecule has 2 heterocycles. The van der Waals surface area contributed by atoms with E-state index in [9.17, 15) is 4.79 Å². The van der Waals surface area contributed by atoms with Crippen molar-refractivity contribution in [3.05, 3.63) is 89.0 Å². The number of para-hydroxylation sites is 1. The first-order valence-electron chi connectivity index (χ1n) is 15.8. The van der Waals surface area contributed by atoms with Gasteiger partial charge in [0.1, 0.15) is 11.5 Å². The van der Waals surface area contributed by atoms with Crippen LogP contribution < -0.4 is 19.7 Å². The van der Waals surface area contributed by atoms with E-state index in [4.69, 9.17) is 18.9 Å². The number of carbonyl (C=O) groups is 1. The van der Waals surface area contributed by atoms with Crippen LogP contribution >= 0.6 is 0 Å². The van der Waals surface area contributed by atoms with Crippen LogP contribution in [0, 0.1) is 6.92 Å². The van der Waals surface area contributed by atoms with E-state index < -0.39 is 0 Å².